The van der Waals surface area contributed by atoms with Crippen LogP contribution in [-0.4, -0.2) is 35.3 Å². The Labute approximate surface area is 200 Å². The lowest BCUT2D eigenvalue weighted by Crippen LogP contribution is -2.44. The highest BCUT2D eigenvalue weighted by molar-refractivity contribution is 9.10. The summed E-state index contributed by atoms with van der Waals surface area (Å²) in [5.74, 6) is 0.741. The summed E-state index contributed by atoms with van der Waals surface area (Å²) in [6.45, 7) is 12.5. The van der Waals surface area contributed by atoms with Gasteiger partial charge in [-0.2, -0.15) is 0 Å². The van der Waals surface area contributed by atoms with Crippen molar-refractivity contribution >= 4 is 35.6 Å². The second-order valence-corrected chi connectivity index (χ2v) is 16.5. The van der Waals surface area contributed by atoms with E-state index in [9.17, 15) is 0 Å². The maximum Gasteiger partial charge on any atom is 0.192 e. The monoisotopic (exact) mass is 512 g/mol. The molecule has 4 heterocycles. The number of rotatable bonds is 5. The molecule has 0 radical (unpaired) electrons. The molecule has 0 unspecified atom stereocenters. The minimum Gasteiger partial charge on any atom is -0.412 e. The molecule has 5 rings (SSSR count). The molecule has 2 fully saturated rings. The first kappa shape index (κ1) is 22.1. The SMILES string of the molecule is CC(C)(C)[Si](C)(C)O[C@H]1C[C@H](c2cn3cc(C4CC4)ccc3n2)N(c2ccnc(Br)c2)C1. The predicted octanol–water partition coefficient (Wildman–Crippen LogP) is 6.71. The van der Waals surface area contributed by atoms with E-state index < -0.39 is 8.32 Å². The van der Waals surface area contributed by atoms with Crippen LogP contribution in [0.3, 0.4) is 0 Å². The fourth-order valence-corrected chi connectivity index (χ4v) is 6.17. The summed E-state index contributed by atoms with van der Waals surface area (Å²) in [7, 11) is -1.86. The quantitative estimate of drug-likeness (QED) is 0.281. The molecule has 5 nitrogen and oxygen atoms in total. The molecular weight excluding hydrogens is 480 g/mol. The van der Waals surface area contributed by atoms with Gasteiger partial charge in [0.2, 0.25) is 0 Å². The normalized spacial score (nSPS) is 22.1. The Bertz CT molecular complexity index is 1130. The number of aromatic nitrogens is 3. The van der Waals surface area contributed by atoms with Crippen LogP contribution in [0.2, 0.25) is 18.1 Å². The third-order valence-electron chi connectivity index (χ3n) is 7.45. The summed E-state index contributed by atoms with van der Waals surface area (Å²) in [6, 6.07) is 8.79. The maximum atomic E-state index is 6.87. The van der Waals surface area contributed by atoms with E-state index >= 15 is 0 Å². The van der Waals surface area contributed by atoms with Crippen molar-refractivity contribution in [3.8, 4) is 0 Å². The van der Waals surface area contributed by atoms with Gasteiger partial charge in [-0.15, -0.1) is 0 Å². The number of hydrogen-bond donors (Lipinski definition) is 0. The van der Waals surface area contributed by atoms with Gasteiger partial charge in [0.1, 0.15) is 10.3 Å². The lowest BCUT2D eigenvalue weighted by molar-refractivity contribution is 0.198. The highest BCUT2D eigenvalue weighted by Gasteiger charge is 2.43. The van der Waals surface area contributed by atoms with Crippen LogP contribution in [0.4, 0.5) is 5.69 Å². The summed E-state index contributed by atoms with van der Waals surface area (Å²) < 4.78 is 9.93. The van der Waals surface area contributed by atoms with Crippen molar-refractivity contribution in [2.24, 2.45) is 0 Å². The summed E-state index contributed by atoms with van der Waals surface area (Å²) in [4.78, 5) is 11.8. The molecule has 1 saturated heterocycles. The lowest BCUT2D eigenvalue weighted by Gasteiger charge is -2.38. The van der Waals surface area contributed by atoms with Crippen molar-refractivity contribution in [3.63, 3.8) is 0 Å². The number of hydrogen-bond acceptors (Lipinski definition) is 4. The summed E-state index contributed by atoms with van der Waals surface area (Å²) in [5.41, 5.74) is 4.73. The summed E-state index contributed by atoms with van der Waals surface area (Å²) >= 11 is 3.55. The second kappa shape index (κ2) is 7.96. The topological polar surface area (TPSA) is 42.7 Å². The molecule has 3 aromatic rings. The van der Waals surface area contributed by atoms with Crippen molar-refractivity contribution in [1.29, 1.82) is 0 Å². The van der Waals surface area contributed by atoms with E-state index in [1.54, 1.807) is 0 Å². The van der Waals surface area contributed by atoms with Crippen LogP contribution in [0.25, 0.3) is 5.65 Å². The van der Waals surface area contributed by atoms with Crippen LogP contribution in [0.15, 0.2) is 47.5 Å². The van der Waals surface area contributed by atoms with Crippen LogP contribution in [-0.2, 0) is 4.43 Å². The van der Waals surface area contributed by atoms with Crippen molar-refractivity contribution in [2.75, 3.05) is 11.4 Å². The van der Waals surface area contributed by atoms with Crippen LogP contribution in [0, 0.1) is 0 Å². The Balaban J connectivity index is 1.48. The molecule has 2 atom stereocenters. The Morgan fingerprint density at radius 3 is 2.59 bits per heavy atom. The van der Waals surface area contributed by atoms with Gasteiger partial charge >= 0.3 is 0 Å². The van der Waals surface area contributed by atoms with Crippen molar-refractivity contribution in [3.05, 3.63) is 58.7 Å². The average molecular weight is 514 g/mol. The van der Waals surface area contributed by atoms with E-state index in [1.807, 2.05) is 6.20 Å². The smallest absolute Gasteiger partial charge is 0.192 e. The van der Waals surface area contributed by atoms with Gasteiger partial charge in [0.25, 0.3) is 0 Å². The third-order valence-corrected chi connectivity index (χ3v) is 12.4. The molecule has 32 heavy (non-hydrogen) atoms. The number of pyridine rings is 2. The minimum absolute atomic E-state index is 0.184. The molecular formula is C25H33BrN4OSi. The molecule has 1 aliphatic carbocycles. The average Bonchev–Trinajstić information content (AvgIpc) is 3.34. The van der Waals surface area contributed by atoms with Gasteiger partial charge in [-0.3, -0.25) is 0 Å². The van der Waals surface area contributed by atoms with Crippen LogP contribution >= 0.6 is 15.9 Å². The van der Waals surface area contributed by atoms with E-state index in [2.05, 4.69) is 101 Å². The first-order valence-electron chi connectivity index (χ1n) is 11.7. The largest absolute Gasteiger partial charge is 0.412 e. The van der Waals surface area contributed by atoms with Gasteiger partial charge < -0.3 is 13.7 Å². The van der Waals surface area contributed by atoms with Gasteiger partial charge in [0.05, 0.1) is 17.8 Å². The first-order valence-corrected chi connectivity index (χ1v) is 15.4. The van der Waals surface area contributed by atoms with Crippen LogP contribution in [0.5, 0.6) is 0 Å². The molecule has 7 heteroatoms. The van der Waals surface area contributed by atoms with Gasteiger partial charge in [-0.25, -0.2) is 9.97 Å². The van der Waals surface area contributed by atoms with Crippen molar-refractivity contribution in [1.82, 2.24) is 14.4 Å². The van der Waals surface area contributed by atoms with Gasteiger partial charge in [0.15, 0.2) is 8.32 Å². The number of fused-ring (bicyclic) bond motifs is 1. The fraction of sp³-hybridized carbons (Fsp3) is 0.520. The van der Waals surface area contributed by atoms with E-state index in [0.29, 0.717) is 0 Å². The number of nitrogens with zero attached hydrogens (tertiary/aromatic N) is 4. The molecule has 0 bridgehead atoms. The van der Waals surface area contributed by atoms with Crippen LogP contribution in [0.1, 0.15) is 63.3 Å². The van der Waals surface area contributed by atoms with E-state index in [1.165, 1.54) is 18.4 Å². The third kappa shape index (κ3) is 4.27. The van der Waals surface area contributed by atoms with Crippen LogP contribution < -0.4 is 4.90 Å². The highest BCUT2D eigenvalue weighted by Crippen LogP contribution is 2.43. The molecule has 0 N–H and O–H groups in total. The zero-order chi connectivity index (χ0) is 22.7. The van der Waals surface area contributed by atoms with Crippen molar-refractivity contribution < 1.29 is 4.43 Å². The van der Waals surface area contributed by atoms with Gasteiger partial charge in [-0.05, 0) is 76.6 Å². The van der Waals surface area contributed by atoms with E-state index in [-0.39, 0.29) is 17.2 Å². The molecule has 3 aromatic heterocycles. The zero-order valence-corrected chi connectivity index (χ0v) is 22.3. The highest BCUT2D eigenvalue weighted by atomic mass is 79.9. The van der Waals surface area contributed by atoms with Gasteiger partial charge in [0, 0.05) is 37.2 Å². The lowest BCUT2D eigenvalue weighted by atomic mass is 10.1. The fourth-order valence-electron chi connectivity index (χ4n) is 4.46. The Morgan fingerprint density at radius 1 is 1.12 bits per heavy atom. The van der Waals surface area contributed by atoms with Crippen molar-refractivity contribution in [2.45, 2.75) is 76.2 Å². The number of halogens is 1. The Morgan fingerprint density at radius 2 is 1.91 bits per heavy atom. The standard InChI is InChI=1S/C25H33BrN4OSi/c1-25(2,3)32(4,5)31-20-13-22(30(15-20)19-10-11-27-23(26)12-19)21-16-29-14-18(17-6-7-17)8-9-24(29)28-21/h8-12,14,16-17,20,22H,6-7,13,15H2,1-5H3/t20-,22+/m0/s1. The molecule has 0 amide bonds. The molecule has 1 saturated carbocycles. The number of imidazole rings is 1. The molecule has 0 aromatic carbocycles. The zero-order valence-electron chi connectivity index (χ0n) is 19.7. The first-order chi connectivity index (χ1) is 15.1. The van der Waals surface area contributed by atoms with E-state index in [4.69, 9.17) is 9.41 Å². The predicted molar refractivity (Wildman–Crippen MR) is 136 cm³/mol. The molecule has 170 valence electrons. The summed E-state index contributed by atoms with van der Waals surface area (Å²) in [5, 5.41) is 0.192. The Hall–Kier alpha value is -1.70. The Kier molecular flexibility index (Phi) is 5.50. The molecule has 0 spiro atoms. The van der Waals surface area contributed by atoms with Gasteiger partial charge in [-0.1, -0.05) is 26.8 Å². The van der Waals surface area contributed by atoms with E-state index in [0.717, 1.165) is 40.5 Å². The second-order valence-electron chi connectivity index (χ2n) is 10.9. The summed E-state index contributed by atoms with van der Waals surface area (Å²) in [6.07, 6.45) is 10.1. The number of anilines is 1. The minimum atomic E-state index is -1.86. The molecule has 2 aliphatic rings. The maximum absolute atomic E-state index is 6.87. The molecule has 1 aliphatic heterocycles.